The van der Waals surface area contributed by atoms with Gasteiger partial charge in [-0.25, -0.2) is 12.7 Å². The van der Waals surface area contributed by atoms with Crippen molar-refractivity contribution in [3.8, 4) is 0 Å². The van der Waals surface area contributed by atoms with Gasteiger partial charge < -0.3 is 0 Å². The van der Waals surface area contributed by atoms with Crippen molar-refractivity contribution in [2.45, 2.75) is 11.3 Å². The quantitative estimate of drug-likeness (QED) is 0.452. The molecule has 0 saturated carbocycles. The number of rotatable bonds is 6. The predicted molar refractivity (Wildman–Crippen MR) is 71.3 cm³/mol. The van der Waals surface area contributed by atoms with Gasteiger partial charge in [0.2, 0.25) is 10.0 Å². The molecule has 8 heteroatoms. The first-order chi connectivity index (χ1) is 8.39. The molecule has 0 saturated heterocycles. The van der Waals surface area contributed by atoms with E-state index in [9.17, 15) is 18.5 Å². The molecule has 0 heterocycles. The monoisotopic (exact) mass is 336 g/mol. The molecule has 0 unspecified atom stereocenters. The summed E-state index contributed by atoms with van der Waals surface area (Å²) in [4.78, 5) is 9.94. The number of hydrogen-bond donors (Lipinski definition) is 0. The van der Waals surface area contributed by atoms with Crippen LogP contribution in [0.3, 0.4) is 0 Å². The molecule has 1 aromatic carbocycles. The lowest BCUT2D eigenvalue weighted by atomic mass is 10.3. The van der Waals surface area contributed by atoms with Gasteiger partial charge in [0.15, 0.2) is 0 Å². The summed E-state index contributed by atoms with van der Waals surface area (Å²) < 4.78 is 25.4. The number of nitrogens with zero attached hydrogens (tertiary/aromatic N) is 2. The minimum absolute atomic E-state index is 0.0613. The summed E-state index contributed by atoms with van der Waals surface area (Å²) in [7, 11) is -2.20. The molecule has 6 nitrogen and oxygen atoms in total. The van der Waals surface area contributed by atoms with Gasteiger partial charge in [-0.05, 0) is 12.5 Å². The molecule has 0 spiro atoms. The second-order valence-electron chi connectivity index (χ2n) is 3.62. The SMILES string of the molecule is CN(CCCBr)S(=O)(=O)c1cccc([N+](=O)[O-])c1. The van der Waals surface area contributed by atoms with E-state index in [1.807, 2.05) is 0 Å². The van der Waals surface area contributed by atoms with Crippen LogP contribution in [0.15, 0.2) is 29.2 Å². The first-order valence-electron chi connectivity index (χ1n) is 5.16. The third-order valence-corrected chi connectivity index (χ3v) is 4.76. The van der Waals surface area contributed by atoms with E-state index < -0.39 is 14.9 Å². The van der Waals surface area contributed by atoms with E-state index in [1.54, 1.807) is 0 Å². The molecule has 0 aliphatic carbocycles. The number of halogens is 1. The van der Waals surface area contributed by atoms with E-state index in [1.165, 1.54) is 29.6 Å². The molecule has 1 rings (SSSR count). The van der Waals surface area contributed by atoms with Crippen LogP contribution in [0.1, 0.15) is 6.42 Å². The Labute approximate surface area is 114 Å². The van der Waals surface area contributed by atoms with Crippen LogP contribution in [0.5, 0.6) is 0 Å². The van der Waals surface area contributed by atoms with E-state index in [4.69, 9.17) is 0 Å². The molecule has 0 amide bonds. The fourth-order valence-electron chi connectivity index (χ4n) is 1.34. The summed E-state index contributed by atoms with van der Waals surface area (Å²) in [5, 5.41) is 11.3. The number of nitro groups is 1. The minimum Gasteiger partial charge on any atom is -0.258 e. The van der Waals surface area contributed by atoms with Crippen molar-refractivity contribution < 1.29 is 13.3 Å². The molecule has 0 radical (unpaired) electrons. The van der Waals surface area contributed by atoms with E-state index in [2.05, 4.69) is 15.9 Å². The summed E-state index contributed by atoms with van der Waals surface area (Å²) >= 11 is 3.22. The lowest BCUT2D eigenvalue weighted by Gasteiger charge is -2.16. The highest BCUT2D eigenvalue weighted by atomic mass is 79.9. The minimum atomic E-state index is -3.66. The molecule has 0 aliphatic rings. The van der Waals surface area contributed by atoms with Crippen molar-refractivity contribution in [2.75, 3.05) is 18.9 Å². The van der Waals surface area contributed by atoms with Crippen LogP contribution in [-0.2, 0) is 10.0 Å². The van der Waals surface area contributed by atoms with E-state index >= 15 is 0 Å². The van der Waals surface area contributed by atoms with Crippen LogP contribution in [0, 0.1) is 10.1 Å². The van der Waals surface area contributed by atoms with Crippen LogP contribution >= 0.6 is 15.9 Å². The van der Waals surface area contributed by atoms with Crippen molar-refractivity contribution in [3.63, 3.8) is 0 Å². The second-order valence-corrected chi connectivity index (χ2v) is 6.46. The average molecular weight is 337 g/mol. The Bertz CT molecular complexity index is 532. The third-order valence-electron chi connectivity index (χ3n) is 2.34. The summed E-state index contributed by atoms with van der Waals surface area (Å²) in [6.45, 7) is 0.357. The lowest BCUT2D eigenvalue weighted by molar-refractivity contribution is -0.385. The normalized spacial score (nSPS) is 11.7. The Morgan fingerprint density at radius 1 is 1.44 bits per heavy atom. The number of alkyl halides is 1. The number of sulfonamides is 1. The number of benzene rings is 1. The third kappa shape index (κ3) is 3.50. The molecule has 100 valence electrons. The van der Waals surface area contributed by atoms with Gasteiger partial charge in [0, 0.05) is 31.1 Å². The first-order valence-corrected chi connectivity index (χ1v) is 7.72. The maximum absolute atomic E-state index is 12.1. The molecule has 0 aliphatic heterocycles. The number of non-ortho nitro benzene ring substituents is 1. The molecule has 0 N–H and O–H groups in total. The van der Waals surface area contributed by atoms with Crippen molar-refractivity contribution in [1.29, 1.82) is 0 Å². The summed E-state index contributed by atoms with van der Waals surface area (Å²) in [6, 6.07) is 5.05. The zero-order valence-corrected chi connectivity index (χ0v) is 12.1. The van der Waals surface area contributed by atoms with Crippen LogP contribution in [0.2, 0.25) is 0 Å². The first kappa shape index (κ1) is 15.1. The molecule has 0 aromatic heterocycles. The zero-order valence-electron chi connectivity index (χ0n) is 9.74. The van der Waals surface area contributed by atoms with Crippen LogP contribution < -0.4 is 0 Å². The van der Waals surface area contributed by atoms with Crippen LogP contribution in [0.25, 0.3) is 0 Å². The molecule has 18 heavy (non-hydrogen) atoms. The van der Waals surface area contributed by atoms with Gasteiger partial charge in [-0.1, -0.05) is 22.0 Å². The highest BCUT2D eigenvalue weighted by Gasteiger charge is 2.22. The standard InChI is InChI=1S/C10H13BrN2O4S/c1-12(7-3-6-11)18(16,17)10-5-2-4-9(8-10)13(14)15/h2,4-5,8H,3,6-7H2,1H3. The van der Waals surface area contributed by atoms with Gasteiger partial charge >= 0.3 is 0 Å². The maximum Gasteiger partial charge on any atom is 0.270 e. The maximum atomic E-state index is 12.1. The van der Waals surface area contributed by atoms with E-state index in [-0.39, 0.29) is 10.6 Å². The van der Waals surface area contributed by atoms with Gasteiger partial charge in [-0.2, -0.15) is 0 Å². The van der Waals surface area contributed by atoms with Gasteiger partial charge in [0.25, 0.3) is 5.69 Å². The van der Waals surface area contributed by atoms with Gasteiger partial charge in [-0.3, -0.25) is 10.1 Å². The molecular formula is C10H13BrN2O4S. The Hall–Kier alpha value is -0.990. The highest BCUT2D eigenvalue weighted by molar-refractivity contribution is 9.09. The largest absolute Gasteiger partial charge is 0.270 e. The lowest BCUT2D eigenvalue weighted by Crippen LogP contribution is -2.28. The summed E-state index contributed by atoms with van der Waals surface area (Å²) in [6.07, 6.45) is 0.671. The van der Waals surface area contributed by atoms with Crippen molar-refractivity contribution in [2.24, 2.45) is 0 Å². The highest BCUT2D eigenvalue weighted by Crippen LogP contribution is 2.20. The van der Waals surface area contributed by atoms with Crippen molar-refractivity contribution in [3.05, 3.63) is 34.4 Å². The Morgan fingerprint density at radius 3 is 2.67 bits per heavy atom. The number of hydrogen-bond acceptors (Lipinski definition) is 4. The van der Waals surface area contributed by atoms with E-state index in [0.29, 0.717) is 18.3 Å². The van der Waals surface area contributed by atoms with E-state index in [0.717, 1.165) is 6.07 Å². The summed E-state index contributed by atoms with van der Waals surface area (Å²) in [5.41, 5.74) is -0.232. The van der Waals surface area contributed by atoms with Crippen LogP contribution in [0.4, 0.5) is 5.69 Å². The molecule has 0 fully saturated rings. The zero-order chi connectivity index (χ0) is 13.8. The van der Waals surface area contributed by atoms with Crippen molar-refractivity contribution in [1.82, 2.24) is 4.31 Å². The second kappa shape index (κ2) is 6.26. The van der Waals surface area contributed by atoms with Gasteiger partial charge in [0.05, 0.1) is 9.82 Å². The topological polar surface area (TPSA) is 80.5 Å². The average Bonchev–Trinajstić information content (AvgIpc) is 2.35. The Balaban J connectivity index is 3.04. The van der Waals surface area contributed by atoms with Gasteiger partial charge in [-0.15, -0.1) is 0 Å². The molecule has 0 bridgehead atoms. The van der Waals surface area contributed by atoms with Crippen LogP contribution in [-0.4, -0.2) is 36.6 Å². The number of nitro benzene ring substituents is 1. The Kier molecular flexibility index (Phi) is 5.24. The van der Waals surface area contributed by atoms with Gasteiger partial charge in [0.1, 0.15) is 0 Å². The molecule has 0 atom stereocenters. The molecule has 1 aromatic rings. The Morgan fingerprint density at radius 2 is 2.11 bits per heavy atom. The van der Waals surface area contributed by atoms with Crippen molar-refractivity contribution >= 4 is 31.6 Å². The predicted octanol–water partition coefficient (Wildman–Crippen LogP) is 2.00. The fraction of sp³-hybridized carbons (Fsp3) is 0.400. The smallest absolute Gasteiger partial charge is 0.258 e. The summed E-state index contributed by atoms with van der Waals surface area (Å²) in [5.74, 6) is 0. The molecular weight excluding hydrogens is 324 g/mol. The fourth-order valence-corrected chi connectivity index (χ4v) is 2.84.